The van der Waals surface area contributed by atoms with Crippen molar-refractivity contribution in [3.63, 3.8) is 0 Å². The number of carbonyl (C=O) groups excluding carboxylic acids is 3. The van der Waals surface area contributed by atoms with Crippen LogP contribution in [-0.2, 0) is 16.1 Å². The summed E-state index contributed by atoms with van der Waals surface area (Å²) < 4.78 is 19.3. The zero-order valence-electron chi connectivity index (χ0n) is 15.7. The Balaban J connectivity index is 1.42. The fourth-order valence-corrected chi connectivity index (χ4v) is 3.93. The van der Waals surface area contributed by atoms with Crippen LogP contribution in [0.3, 0.4) is 0 Å². The highest BCUT2D eigenvalue weighted by Crippen LogP contribution is 2.32. The van der Waals surface area contributed by atoms with Crippen molar-refractivity contribution in [2.45, 2.75) is 25.4 Å². The molecule has 150 valence electrons. The van der Waals surface area contributed by atoms with E-state index in [1.54, 1.807) is 36.4 Å². The van der Waals surface area contributed by atoms with Crippen molar-refractivity contribution >= 4 is 17.7 Å². The Morgan fingerprint density at radius 2 is 1.90 bits per heavy atom. The first-order valence-corrected chi connectivity index (χ1v) is 9.51. The molecular weight excluding hydrogens is 389 g/mol. The van der Waals surface area contributed by atoms with E-state index in [0.717, 1.165) is 11.1 Å². The summed E-state index contributed by atoms with van der Waals surface area (Å²) in [5, 5.41) is 6.32. The minimum absolute atomic E-state index is 0.208. The maximum Gasteiger partial charge on any atom is 0.255 e. The van der Waals surface area contributed by atoms with Crippen LogP contribution in [0.2, 0.25) is 0 Å². The first-order chi connectivity index (χ1) is 14.5. The van der Waals surface area contributed by atoms with Gasteiger partial charge in [0.15, 0.2) is 5.76 Å². The first kappa shape index (κ1) is 18.2. The van der Waals surface area contributed by atoms with Gasteiger partial charge in [0, 0.05) is 30.2 Å². The molecule has 1 aromatic heterocycles. The Labute approximate surface area is 170 Å². The van der Waals surface area contributed by atoms with Gasteiger partial charge in [-0.1, -0.05) is 23.4 Å². The van der Waals surface area contributed by atoms with Crippen LogP contribution in [0.1, 0.15) is 28.8 Å². The minimum atomic E-state index is -0.661. The summed E-state index contributed by atoms with van der Waals surface area (Å²) in [6, 6.07) is 12.5. The summed E-state index contributed by atoms with van der Waals surface area (Å²) in [5.41, 5.74) is 2.83. The van der Waals surface area contributed by atoms with Crippen LogP contribution in [-0.4, -0.2) is 33.8 Å². The number of imide groups is 1. The molecule has 0 radical (unpaired) electrons. The molecule has 0 saturated carbocycles. The summed E-state index contributed by atoms with van der Waals surface area (Å²) in [6.45, 7) is 0.270. The van der Waals surface area contributed by atoms with Gasteiger partial charge in [0.25, 0.3) is 5.91 Å². The Bertz CT molecular complexity index is 1200. The van der Waals surface area contributed by atoms with Crippen molar-refractivity contribution in [2.24, 2.45) is 0 Å². The lowest BCUT2D eigenvalue weighted by Crippen LogP contribution is -2.52. The molecule has 30 heavy (non-hydrogen) atoms. The van der Waals surface area contributed by atoms with Gasteiger partial charge in [-0.3, -0.25) is 19.7 Å². The molecule has 3 aromatic rings. The molecule has 2 aliphatic rings. The fourth-order valence-electron chi connectivity index (χ4n) is 3.93. The number of hydrogen-bond donors (Lipinski definition) is 1. The van der Waals surface area contributed by atoms with Crippen LogP contribution in [0.15, 0.2) is 53.1 Å². The number of aromatic nitrogens is 1. The van der Waals surface area contributed by atoms with Gasteiger partial charge >= 0.3 is 0 Å². The van der Waals surface area contributed by atoms with Gasteiger partial charge in [-0.25, -0.2) is 4.39 Å². The largest absolute Gasteiger partial charge is 0.356 e. The van der Waals surface area contributed by atoms with Crippen LogP contribution in [0.5, 0.6) is 0 Å². The quantitative estimate of drug-likeness (QED) is 0.677. The van der Waals surface area contributed by atoms with Crippen molar-refractivity contribution in [1.29, 1.82) is 0 Å². The third kappa shape index (κ3) is 2.97. The molecule has 0 bridgehead atoms. The number of halogens is 1. The molecule has 8 heteroatoms. The molecule has 0 aliphatic carbocycles. The van der Waals surface area contributed by atoms with Gasteiger partial charge in [0.2, 0.25) is 11.8 Å². The fraction of sp³-hybridized carbons (Fsp3) is 0.182. The summed E-state index contributed by atoms with van der Waals surface area (Å²) in [6.07, 6.45) is 0.520. The van der Waals surface area contributed by atoms with E-state index in [2.05, 4.69) is 10.5 Å². The number of amides is 3. The van der Waals surface area contributed by atoms with Crippen molar-refractivity contribution in [2.75, 3.05) is 0 Å². The van der Waals surface area contributed by atoms with Crippen molar-refractivity contribution in [1.82, 2.24) is 15.4 Å². The number of rotatable bonds is 3. The van der Waals surface area contributed by atoms with Crippen LogP contribution in [0.25, 0.3) is 22.6 Å². The van der Waals surface area contributed by atoms with E-state index < -0.39 is 17.8 Å². The Hall–Kier alpha value is -3.81. The Morgan fingerprint density at radius 1 is 1.07 bits per heavy atom. The highest BCUT2D eigenvalue weighted by atomic mass is 19.1. The summed E-state index contributed by atoms with van der Waals surface area (Å²) in [4.78, 5) is 37.8. The highest BCUT2D eigenvalue weighted by molar-refractivity contribution is 6.05. The predicted octanol–water partition coefficient (Wildman–Crippen LogP) is 2.91. The number of piperidine rings is 1. The third-order valence-corrected chi connectivity index (χ3v) is 5.47. The third-order valence-electron chi connectivity index (χ3n) is 5.47. The predicted molar refractivity (Wildman–Crippen MR) is 103 cm³/mol. The van der Waals surface area contributed by atoms with Gasteiger partial charge in [-0.15, -0.1) is 0 Å². The van der Waals surface area contributed by atoms with Gasteiger partial charge in [0.1, 0.15) is 17.6 Å². The summed E-state index contributed by atoms with van der Waals surface area (Å²) >= 11 is 0. The maximum atomic E-state index is 14.0. The molecule has 2 aliphatic heterocycles. The van der Waals surface area contributed by atoms with Crippen LogP contribution in [0, 0.1) is 5.82 Å². The Kier molecular flexibility index (Phi) is 4.20. The second kappa shape index (κ2) is 6.91. The summed E-state index contributed by atoms with van der Waals surface area (Å²) in [7, 11) is 0. The molecule has 7 nitrogen and oxygen atoms in total. The zero-order valence-corrected chi connectivity index (χ0v) is 15.7. The zero-order chi connectivity index (χ0) is 20.8. The number of carbonyl (C=O) groups is 3. The molecule has 0 spiro atoms. The molecule has 1 unspecified atom stereocenters. The maximum absolute atomic E-state index is 14.0. The monoisotopic (exact) mass is 405 g/mol. The molecule has 1 atom stereocenters. The van der Waals surface area contributed by atoms with E-state index in [0.29, 0.717) is 29.0 Å². The van der Waals surface area contributed by atoms with E-state index in [9.17, 15) is 18.8 Å². The van der Waals surface area contributed by atoms with Crippen LogP contribution >= 0.6 is 0 Å². The van der Waals surface area contributed by atoms with E-state index in [1.807, 2.05) is 6.07 Å². The number of nitrogens with zero attached hydrogens (tertiary/aromatic N) is 2. The number of benzene rings is 2. The van der Waals surface area contributed by atoms with E-state index >= 15 is 0 Å². The lowest BCUT2D eigenvalue weighted by Gasteiger charge is -2.29. The minimum Gasteiger partial charge on any atom is -0.356 e. The van der Waals surface area contributed by atoms with Crippen molar-refractivity contribution in [3.05, 3.63) is 65.5 Å². The van der Waals surface area contributed by atoms with E-state index in [-0.39, 0.29) is 24.8 Å². The second-order valence-electron chi connectivity index (χ2n) is 7.33. The molecule has 3 amide bonds. The molecule has 2 aromatic carbocycles. The standard InChI is InChI=1S/C22H16FN3O4/c23-16-4-2-1-3-15(16)19-10-17(25-30-19)12-5-6-14-13(9-12)11-26(22(14)29)18-7-8-20(27)24-21(18)28/h1-6,9-10,18H,7-8,11H2,(H,24,27,28). The lowest BCUT2D eigenvalue weighted by atomic mass is 10.0. The molecule has 1 N–H and O–H groups in total. The van der Waals surface area contributed by atoms with Gasteiger partial charge in [-0.2, -0.15) is 0 Å². The van der Waals surface area contributed by atoms with E-state index in [1.165, 1.54) is 11.0 Å². The lowest BCUT2D eigenvalue weighted by molar-refractivity contribution is -0.136. The van der Waals surface area contributed by atoms with E-state index in [4.69, 9.17) is 4.52 Å². The molecule has 5 rings (SSSR count). The SMILES string of the molecule is O=C1CCC(N2Cc3cc(-c4cc(-c5ccccc5F)on4)ccc3C2=O)C(=O)N1. The van der Waals surface area contributed by atoms with Gasteiger partial charge < -0.3 is 9.42 Å². The normalized spacial score (nSPS) is 18.5. The van der Waals surface area contributed by atoms with Gasteiger partial charge in [0.05, 0.1) is 5.56 Å². The molecule has 3 heterocycles. The number of nitrogens with one attached hydrogen (secondary N) is 1. The summed E-state index contributed by atoms with van der Waals surface area (Å²) in [5.74, 6) is -1.10. The highest BCUT2D eigenvalue weighted by Gasteiger charge is 2.39. The first-order valence-electron chi connectivity index (χ1n) is 9.51. The molecular formula is C22H16FN3O4. The van der Waals surface area contributed by atoms with Crippen LogP contribution in [0.4, 0.5) is 4.39 Å². The average molecular weight is 405 g/mol. The topological polar surface area (TPSA) is 92.5 Å². The number of hydrogen-bond acceptors (Lipinski definition) is 5. The average Bonchev–Trinajstić information content (AvgIpc) is 3.34. The second-order valence-corrected chi connectivity index (χ2v) is 7.33. The van der Waals surface area contributed by atoms with Crippen LogP contribution < -0.4 is 5.32 Å². The van der Waals surface area contributed by atoms with Crippen molar-refractivity contribution in [3.8, 4) is 22.6 Å². The van der Waals surface area contributed by atoms with Gasteiger partial charge in [-0.05, 0) is 36.2 Å². The number of fused-ring (bicyclic) bond motifs is 1. The Morgan fingerprint density at radius 3 is 2.70 bits per heavy atom. The smallest absolute Gasteiger partial charge is 0.255 e. The molecule has 1 fully saturated rings. The van der Waals surface area contributed by atoms with Crippen molar-refractivity contribution < 1.29 is 23.3 Å². The molecule has 1 saturated heterocycles.